The maximum absolute atomic E-state index is 5.77. The van der Waals surface area contributed by atoms with Gasteiger partial charge in [0.15, 0.2) is 0 Å². The van der Waals surface area contributed by atoms with Gasteiger partial charge in [0.1, 0.15) is 5.82 Å². The second kappa shape index (κ2) is 5.93. The van der Waals surface area contributed by atoms with Crippen LogP contribution in [-0.4, -0.2) is 36.3 Å². The summed E-state index contributed by atoms with van der Waals surface area (Å²) in [4.78, 5) is 7.30. The van der Waals surface area contributed by atoms with Crippen LogP contribution in [0.4, 0.5) is 5.82 Å². The van der Waals surface area contributed by atoms with Crippen LogP contribution in [0, 0.1) is 13.8 Å². The Bertz CT molecular complexity index is 513. The first-order valence-corrected chi connectivity index (χ1v) is 8.13. The molecule has 1 aliphatic heterocycles. The highest BCUT2D eigenvalue weighted by molar-refractivity contribution is 5.53. The predicted molar refractivity (Wildman–Crippen MR) is 85.8 cm³/mol. The molecule has 4 nitrogen and oxygen atoms in total. The lowest BCUT2D eigenvalue weighted by Gasteiger charge is -2.39. The van der Waals surface area contributed by atoms with Crippen LogP contribution in [0.1, 0.15) is 43.5 Å². The third-order valence-electron chi connectivity index (χ3n) is 4.48. The Morgan fingerprint density at radius 3 is 2.81 bits per heavy atom. The van der Waals surface area contributed by atoms with Crippen LogP contribution < -0.4 is 10.2 Å². The van der Waals surface area contributed by atoms with Crippen molar-refractivity contribution in [1.29, 1.82) is 0 Å². The van der Waals surface area contributed by atoms with Gasteiger partial charge in [-0.25, -0.2) is 4.98 Å². The molecule has 2 atom stereocenters. The minimum Gasteiger partial charge on any atom is -0.375 e. The fourth-order valence-electron chi connectivity index (χ4n) is 3.03. The molecule has 1 aliphatic carbocycles. The zero-order chi connectivity index (χ0) is 15.0. The third-order valence-corrected chi connectivity index (χ3v) is 4.48. The number of morpholine rings is 1. The van der Waals surface area contributed by atoms with Gasteiger partial charge in [-0.3, -0.25) is 0 Å². The molecule has 0 bridgehead atoms. The molecule has 2 aliphatic rings. The summed E-state index contributed by atoms with van der Waals surface area (Å²) in [5, 5.41) is 3.64. The summed E-state index contributed by atoms with van der Waals surface area (Å²) in [5.41, 5.74) is 3.80. The molecule has 2 heterocycles. The topological polar surface area (TPSA) is 37.4 Å². The number of hydrogen-bond donors (Lipinski definition) is 1. The zero-order valence-electron chi connectivity index (χ0n) is 13.6. The van der Waals surface area contributed by atoms with E-state index in [1.807, 2.05) is 0 Å². The lowest BCUT2D eigenvalue weighted by atomic mass is 10.1. The Morgan fingerprint density at radius 1 is 1.33 bits per heavy atom. The largest absolute Gasteiger partial charge is 0.375 e. The Balaban J connectivity index is 1.90. The fourth-order valence-corrected chi connectivity index (χ4v) is 3.03. The minimum absolute atomic E-state index is 0.271. The molecule has 0 aromatic carbocycles. The van der Waals surface area contributed by atoms with Crippen molar-refractivity contribution < 1.29 is 4.74 Å². The van der Waals surface area contributed by atoms with Gasteiger partial charge in [0, 0.05) is 30.4 Å². The number of hydrogen-bond acceptors (Lipinski definition) is 4. The fraction of sp³-hybridized carbons (Fsp3) is 0.706. The van der Waals surface area contributed by atoms with Gasteiger partial charge in [-0.1, -0.05) is 0 Å². The molecule has 2 unspecified atom stereocenters. The number of aryl methyl sites for hydroxylation is 2. The van der Waals surface area contributed by atoms with Crippen molar-refractivity contribution in [3.05, 3.63) is 22.9 Å². The Labute approximate surface area is 127 Å². The Kier molecular flexibility index (Phi) is 4.18. The van der Waals surface area contributed by atoms with E-state index in [9.17, 15) is 0 Å². The van der Waals surface area contributed by atoms with Gasteiger partial charge in [0.2, 0.25) is 0 Å². The second-order valence-corrected chi connectivity index (χ2v) is 6.68. The molecule has 2 fully saturated rings. The standard InChI is InChI=1S/C17H27N3O/c1-11-7-12(2)19-17(16(11)8-18-15-5-6-15)20-9-14(4)21-10-13(20)3/h7,13-15,18H,5-6,8-10H2,1-4H3. The van der Waals surface area contributed by atoms with Crippen molar-refractivity contribution in [3.8, 4) is 0 Å². The number of aromatic nitrogens is 1. The number of ether oxygens (including phenoxy) is 1. The number of nitrogens with zero attached hydrogens (tertiary/aromatic N) is 2. The molecule has 0 spiro atoms. The number of pyridine rings is 1. The summed E-state index contributed by atoms with van der Waals surface area (Å²) in [7, 11) is 0. The summed E-state index contributed by atoms with van der Waals surface area (Å²) < 4.78 is 5.77. The number of nitrogens with one attached hydrogen (secondary N) is 1. The van der Waals surface area contributed by atoms with E-state index >= 15 is 0 Å². The van der Waals surface area contributed by atoms with E-state index in [0.717, 1.165) is 37.3 Å². The molecule has 21 heavy (non-hydrogen) atoms. The molecule has 0 amide bonds. The van der Waals surface area contributed by atoms with Crippen LogP contribution in [0.5, 0.6) is 0 Å². The van der Waals surface area contributed by atoms with Crippen LogP contribution in [-0.2, 0) is 11.3 Å². The van der Waals surface area contributed by atoms with Gasteiger partial charge in [0.05, 0.1) is 18.8 Å². The molecule has 4 heteroatoms. The van der Waals surface area contributed by atoms with Gasteiger partial charge in [0.25, 0.3) is 0 Å². The van der Waals surface area contributed by atoms with Crippen molar-refractivity contribution in [1.82, 2.24) is 10.3 Å². The van der Waals surface area contributed by atoms with Gasteiger partial charge in [-0.15, -0.1) is 0 Å². The van der Waals surface area contributed by atoms with Crippen molar-refractivity contribution >= 4 is 5.82 Å². The molecule has 0 radical (unpaired) electrons. The summed E-state index contributed by atoms with van der Waals surface area (Å²) in [6.07, 6.45) is 2.91. The van der Waals surface area contributed by atoms with E-state index in [0.29, 0.717) is 6.04 Å². The highest BCUT2D eigenvalue weighted by atomic mass is 16.5. The highest BCUT2D eigenvalue weighted by Gasteiger charge is 2.28. The van der Waals surface area contributed by atoms with Crippen molar-refractivity contribution in [2.45, 2.75) is 65.3 Å². The maximum atomic E-state index is 5.77. The summed E-state index contributed by atoms with van der Waals surface area (Å²) >= 11 is 0. The lowest BCUT2D eigenvalue weighted by molar-refractivity contribution is 0.0339. The zero-order valence-corrected chi connectivity index (χ0v) is 13.6. The normalized spacial score (nSPS) is 26.2. The van der Waals surface area contributed by atoms with E-state index in [2.05, 4.69) is 44.0 Å². The van der Waals surface area contributed by atoms with Gasteiger partial charge in [-0.05, 0) is 52.2 Å². The molecular weight excluding hydrogens is 262 g/mol. The molecule has 1 N–H and O–H groups in total. The molecule has 1 aromatic heterocycles. The lowest BCUT2D eigenvalue weighted by Crippen LogP contribution is -2.48. The molecule has 1 aromatic rings. The van der Waals surface area contributed by atoms with Crippen LogP contribution in [0.25, 0.3) is 0 Å². The first-order valence-electron chi connectivity index (χ1n) is 8.13. The highest BCUT2D eigenvalue weighted by Crippen LogP contribution is 2.28. The number of anilines is 1. The van der Waals surface area contributed by atoms with Crippen LogP contribution in [0.15, 0.2) is 6.07 Å². The SMILES string of the molecule is Cc1cc(C)c(CNC2CC2)c(N2CC(C)OCC2C)n1. The van der Waals surface area contributed by atoms with Gasteiger partial charge >= 0.3 is 0 Å². The average Bonchev–Trinajstić information content (AvgIpc) is 3.24. The second-order valence-electron chi connectivity index (χ2n) is 6.68. The van der Waals surface area contributed by atoms with Gasteiger partial charge in [-0.2, -0.15) is 0 Å². The molecule has 1 saturated carbocycles. The minimum atomic E-state index is 0.271. The van der Waals surface area contributed by atoms with Gasteiger partial charge < -0.3 is 15.0 Å². The average molecular weight is 289 g/mol. The van der Waals surface area contributed by atoms with E-state index in [4.69, 9.17) is 9.72 Å². The predicted octanol–water partition coefficient (Wildman–Crippen LogP) is 2.56. The Morgan fingerprint density at radius 2 is 2.10 bits per heavy atom. The van der Waals surface area contributed by atoms with E-state index < -0.39 is 0 Å². The smallest absolute Gasteiger partial charge is 0.134 e. The number of rotatable bonds is 4. The van der Waals surface area contributed by atoms with E-state index in [1.54, 1.807) is 0 Å². The maximum Gasteiger partial charge on any atom is 0.134 e. The first-order chi connectivity index (χ1) is 10.0. The molecule has 3 rings (SSSR count). The molecule has 116 valence electrons. The van der Waals surface area contributed by atoms with E-state index in [1.165, 1.54) is 24.0 Å². The van der Waals surface area contributed by atoms with Crippen LogP contribution >= 0.6 is 0 Å². The van der Waals surface area contributed by atoms with Crippen LogP contribution in [0.3, 0.4) is 0 Å². The molecule has 1 saturated heterocycles. The summed E-state index contributed by atoms with van der Waals surface area (Å²) in [6, 6.07) is 3.30. The third kappa shape index (κ3) is 3.38. The quantitative estimate of drug-likeness (QED) is 0.924. The summed E-state index contributed by atoms with van der Waals surface area (Å²) in [5.74, 6) is 1.16. The van der Waals surface area contributed by atoms with Crippen molar-refractivity contribution in [2.24, 2.45) is 0 Å². The first kappa shape index (κ1) is 14.8. The molecular formula is C17H27N3O. The van der Waals surface area contributed by atoms with Crippen molar-refractivity contribution in [2.75, 3.05) is 18.1 Å². The monoisotopic (exact) mass is 289 g/mol. The summed E-state index contributed by atoms with van der Waals surface area (Å²) in [6.45, 7) is 11.3. The van der Waals surface area contributed by atoms with Crippen LogP contribution in [0.2, 0.25) is 0 Å². The Hall–Kier alpha value is -1.13. The van der Waals surface area contributed by atoms with E-state index in [-0.39, 0.29) is 6.10 Å². The van der Waals surface area contributed by atoms with Crippen molar-refractivity contribution in [3.63, 3.8) is 0 Å².